The molecule has 116 valence electrons. The molecule has 8 heteroatoms. The molecule has 1 fully saturated rings. The number of hydrogen-bond acceptors (Lipinski definition) is 6. The van der Waals surface area contributed by atoms with Gasteiger partial charge in [0.25, 0.3) is 11.8 Å². The van der Waals surface area contributed by atoms with Gasteiger partial charge in [-0.25, -0.2) is 4.79 Å². The van der Waals surface area contributed by atoms with Crippen LogP contribution in [0.2, 0.25) is 0 Å². The Kier molecular flexibility index (Phi) is 5.05. The van der Waals surface area contributed by atoms with Crippen LogP contribution in [-0.4, -0.2) is 37.5 Å². The number of hydrogen-bond donors (Lipinski definition) is 2. The minimum absolute atomic E-state index is 0.187. The number of esters is 1. The summed E-state index contributed by atoms with van der Waals surface area (Å²) >= 11 is 1.04. The molecule has 1 aromatic carbocycles. The van der Waals surface area contributed by atoms with Crippen molar-refractivity contribution in [1.82, 2.24) is 10.6 Å². The van der Waals surface area contributed by atoms with Crippen LogP contribution in [0.4, 0.5) is 0 Å². The van der Waals surface area contributed by atoms with Crippen LogP contribution >= 0.6 is 11.8 Å². The van der Waals surface area contributed by atoms with E-state index in [1.54, 1.807) is 24.3 Å². The molecule has 1 atom stereocenters. The van der Waals surface area contributed by atoms with E-state index < -0.39 is 17.4 Å². The van der Waals surface area contributed by atoms with Crippen molar-refractivity contribution >= 4 is 29.5 Å². The zero-order chi connectivity index (χ0) is 16.1. The van der Waals surface area contributed by atoms with E-state index >= 15 is 0 Å². The fourth-order valence-electron chi connectivity index (χ4n) is 1.68. The van der Waals surface area contributed by atoms with Crippen LogP contribution in [-0.2, 0) is 14.3 Å². The maximum Gasteiger partial charge on any atom is 0.331 e. The van der Waals surface area contributed by atoms with Gasteiger partial charge in [-0.05, 0) is 24.3 Å². The second-order valence-electron chi connectivity index (χ2n) is 4.21. The maximum absolute atomic E-state index is 12.1. The van der Waals surface area contributed by atoms with Crippen molar-refractivity contribution in [3.05, 3.63) is 40.8 Å². The molecule has 0 radical (unpaired) electrons. The minimum Gasteiger partial charge on any atom is -0.497 e. The third kappa shape index (κ3) is 3.79. The Morgan fingerprint density at radius 3 is 2.55 bits per heavy atom. The third-order valence-corrected chi connectivity index (χ3v) is 3.82. The van der Waals surface area contributed by atoms with E-state index in [0.717, 1.165) is 17.8 Å². The van der Waals surface area contributed by atoms with Gasteiger partial charge in [-0.2, -0.15) is 0 Å². The van der Waals surface area contributed by atoms with Crippen LogP contribution in [0.3, 0.4) is 0 Å². The lowest BCUT2D eigenvalue weighted by molar-refractivity contribution is -0.135. The summed E-state index contributed by atoms with van der Waals surface area (Å²) in [5.74, 6) is -0.765. The highest BCUT2D eigenvalue weighted by Gasteiger charge is 2.29. The van der Waals surface area contributed by atoms with Crippen molar-refractivity contribution in [2.24, 2.45) is 0 Å². The highest BCUT2D eigenvalue weighted by molar-refractivity contribution is 8.05. The molecule has 2 rings (SSSR count). The van der Waals surface area contributed by atoms with Crippen molar-refractivity contribution in [1.29, 1.82) is 0 Å². The van der Waals surface area contributed by atoms with E-state index in [4.69, 9.17) is 4.74 Å². The van der Waals surface area contributed by atoms with E-state index in [1.807, 2.05) is 0 Å². The zero-order valence-corrected chi connectivity index (χ0v) is 12.7. The standard InChI is InChI=1S/C14H14N2O5S/c1-20-9-5-3-8(4-6-9)12(18)15-14-16-13(19)10(22-14)7-11(17)21-2/h3-7,14H,1-2H3,(H,15,18)(H,16,19)/b10-7-/t14-/m0/s1. The third-order valence-electron chi connectivity index (χ3n) is 2.80. The molecule has 1 aromatic rings. The van der Waals surface area contributed by atoms with Gasteiger partial charge < -0.3 is 20.1 Å². The van der Waals surface area contributed by atoms with E-state index in [2.05, 4.69) is 15.4 Å². The van der Waals surface area contributed by atoms with Gasteiger partial charge in [-0.15, -0.1) is 0 Å². The van der Waals surface area contributed by atoms with Crippen LogP contribution in [0.25, 0.3) is 0 Å². The number of rotatable bonds is 4. The van der Waals surface area contributed by atoms with Crippen LogP contribution in [0.1, 0.15) is 10.4 Å². The molecule has 2 amide bonds. The summed E-state index contributed by atoms with van der Waals surface area (Å²) in [4.78, 5) is 35.0. The van der Waals surface area contributed by atoms with Crippen molar-refractivity contribution < 1.29 is 23.9 Å². The summed E-state index contributed by atoms with van der Waals surface area (Å²) < 4.78 is 9.47. The predicted molar refractivity (Wildman–Crippen MR) is 80.1 cm³/mol. The Morgan fingerprint density at radius 2 is 1.95 bits per heavy atom. The number of ether oxygens (including phenoxy) is 2. The second kappa shape index (κ2) is 6.99. The Morgan fingerprint density at radius 1 is 1.27 bits per heavy atom. The quantitative estimate of drug-likeness (QED) is 0.624. The van der Waals surface area contributed by atoms with Gasteiger partial charge in [0.05, 0.1) is 19.1 Å². The SMILES string of the molecule is COC(=O)/C=C1\S[C@@H](NC(=O)c2ccc(OC)cc2)NC1=O. The summed E-state index contributed by atoms with van der Waals surface area (Å²) in [6.07, 6.45) is 1.08. The number of carbonyl (C=O) groups is 3. The first-order chi connectivity index (χ1) is 10.5. The molecule has 0 bridgehead atoms. The Labute approximate surface area is 131 Å². The largest absolute Gasteiger partial charge is 0.497 e. The normalized spacial score (nSPS) is 18.7. The first-order valence-electron chi connectivity index (χ1n) is 6.25. The molecule has 1 aliphatic heterocycles. The molecule has 2 N–H and O–H groups in total. The highest BCUT2D eigenvalue weighted by atomic mass is 32.2. The smallest absolute Gasteiger partial charge is 0.331 e. The van der Waals surface area contributed by atoms with E-state index in [9.17, 15) is 14.4 Å². The molecule has 0 spiro atoms. The van der Waals surface area contributed by atoms with Crippen LogP contribution in [0.15, 0.2) is 35.2 Å². The van der Waals surface area contributed by atoms with Crippen molar-refractivity contribution in [3.8, 4) is 5.75 Å². The number of amides is 2. The molecule has 1 aliphatic rings. The number of thioether (sulfide) groups is 1. The fourth-order valence-corrected chi connectivity index (χ4v) is 2.59. The minimum atomic E-state index is -0.641. The van der Waals surface area contributed by atoms with Gasteiger partial charge in [0.15, 0.2) is 5.50 Å². The van der Waals surface area contributed by atoms with Crippen molar-refractivity contribution in [2.75, 3.05) is 14.2 Å². The summed E-state index contributed by atoms with van der Waals surface area (Å²) in [7, 11) is 2.76. The molecule has 7 nitrogen and oxygen atoms in total. The number of methoxy groups -OCH3 is 2. The van der Waals surface area contributed by atoms with Gasteiger partial charge in [-0.1, -0.05) is 11.8 Å². The lowest BCUT2D eigenvalue weighted by Crippen LogP contribution is -2.41. The van der Waals surface area contributed by atoms with E-state index in [0.29, 0.717) is 11.3 Å². The molecule has 1 saturated heterocycles. The summed E-state index contributed by atoms with van der Waals surface area (Å²) in [5.41, 5.74) is -0.209. The molecule has 0 aromatic heterocycles. The highest BCUT2D eigenvalue weighted by Crippen LogP contribution is 2.26. The van der Waals surface area contributed by atoms with Crippen LogP contribution < -0.4 is 15.4 Å². The predicted octanol–water partition coefficient (Wildman–Crippen LogP) is 0.628. The first-order valence-corrected chi connectivity index (χ1v) is 7.13. The summed E-state index contributed by atoms with van der Waals surface area (Å²) in [6, 6.07) is 6.55. The molecular formula is C14H14N2O5S. The maximum atomic E-state index is 12.1. The lowest BCUT2D eigenvalue weighted by atomic mass is 10.2. The van der Waals surface area contributed by atoms with Gasteiger partial charge in [-0.3, -0.25) is 9.59 Å². The van der Waals surface area contributed by atoms with Crippen molar-refractivity contribution in [3.63, 3.8) is 0 Å². The van der Waals surface area contributed by atoms with Gasteiger partial charge in [0, 0.05) is 11.6 Å². The Hall–Kier alpha value is -2.48. The van der Waals surface area contributed by atoms with E-state index in [-0.39, 0.29) is 10.8 Å². The average Bonchev–Trinajstić information content (AvgIpc) is 2.86. The fraction of sp³-hybridized carbons (Fsp3) is 0.214. The molecule has 22 heavy (non-hydrogen) atoms. The monoisotopic (exact) mass is 322 g/mol. The molecule has 0 saturated carbocycles. The van der Waals surface area contributed by atoms with Gasteiger partial charge in [0.1, 0.15) is 5.75 Å². The summed E-state index contributed by atoms with van der Waals surface area (Å²) in [6.45, 7) is 0. The first kappa shape index (κ1) is 15.9. The van der Waals surface area contributed by atoms with Crippen molar-refractivity contribution in [2.45, 2.75) is 5.50 Å². The van der Waals surface area contributed by atoms with E-state index in [1.165, 1.54) is 14.2 Å². The number of carbonyl (C=O) groups excluding carboxylic acids is 3. The molecular weight excluding hydrogens is 308 g/mol. The number of nitrogens with one attached hydrogen (secondary N) is 2. The van der Waals surface area contributed by atoms with Gasteiger partial charge in [0.2, 0.25) is 0 Å². The topological polar surface area (TPSA) is 93.7 Å². The second-order valence-corrected chi connectivity index (χ2v) is 5.35. The molecule has 0 unspecified atom stereocenters. The number of benzene rings is 1. The molecule has 0 aliphatic carbocycles. The van der Waals surface area contributed by atoms with Gasteiger partial charge >= 0.3 is 5.97 Å². The Balaban J connectivity index is 1.99. The zero-order valence-electron chi connectivity index (χ0n) is 11.9. The average molecular weight is 322 g/mol. The Bertz CT molecular complexity index is 627. The summed E-state index contributed by atoms with van der Waals surface area (Å²) in [5, 5.41) is 5.19. The molecule has 1 heterocycles. The van der Waals surface area contributed by atoms with Crippen LogP contribution in [0, 0.1) is 0 Å². The van der Waals surface area contributed by atoms with Crippen LogP contribution in [0.5, 0.6) is 5.75 Å². The lowest BCUT2D eigenvalue weighted by Gasteiger charge is -2.11.